The van der Waals surface area contributed by atoms with E-state index >= 15 is 0 Å². The molecule has 0 aromatic carbocycles. The van der Waals surface area contributed by atoms with E-state index in [1.54, 1.807) is 0 Å². The van der Waals surface area contributed by atoms with Gasteiger partial charge in [-0.3, -0.25) is 4.79 Å². The molecule has 0 amide bonds. The van der Waals surface area contributed by atoms with Gasteiger partial charge in [-0.25, -0.2) is 4.98 Å². The first-order chi connectivity index (χ1) is 7.95. The Hall–Kier alpha value is -0.970. The highest BCUT2D eigenvalue weighted by Crippen LogP contribution is 2.27. The SMILES string of the molecule is CCC(C)C(C)n1cc(C)nc1SCC(=O)O. The fraction of sp³-hybridized carbons (Fsp3) is 0.667. The van der Waals surface area contributed by atoms with Gasteiger partial charge >= 0.3 is 5.97 Å². The van der Waals surface area contributed by atoms with E-state index in [9.17, 15) is 4.79 Å². The molecule has 1 aromatic rings. The maximum absolute atomic E-state index is 10.6. The van der Waals surface area contributed by atoms with Crippen molar-refractivity contribution in [3.8, 4) is 0 Å². The third kappa shape index (κ3) is 3.77. The van der Waals surface area contributed by atoms with E-state index in [2.05, 4.69) is 30.3 Å². The summed E-state index contributed by atoms with van der Waals surface area (Å²) < 4.78 is 2.09. The van der Waals surface area contributed by atoms with Crippen LogP contribution >= 0.6 is 11.8 Å². The van der Waals surface area contributed by atoms with Gasteiger partial charge in [0.05, 0.1) is 11.4 Å². The lowest BCUT2D eigenvalue weighted by Gasteiger charge is -2.21. The van der Waals surface area contributed by atoms with E-state index in [1.165, 1.54) is 11.8 Å². The van der Waals surface area contributed by atoms with Gasteiger partial charge in [0, 0.05) is 12.2 Å². The van der Waals surface area contributed by atoms with Crippen LogP contribution in [0.25, 0.3) is 0 Å². The first kappa shape index (κ1) is 14.1. The smallest absolute Gasteiger partial charge is 0.313 e. The molecule has 2 unspecified atom stereocenters. The van der Waals surface area contributed by atoms with Crippen molar-refractivity contribution >= 4 is 17.7 Å². The van der Waals surface area contributed by atoms with Crippen molar-refractivity contribution in [2.24, 2.45) is 5.92 Å². The molecule has 1 N–H and O–H groups in total. The average Bonchev–Trinajstić information content (AvgIpc) is 2.65. The molecular formula is C12H20N2O2S. The number of hydrogen-bond acceptors (Lipinski definition) is 3. The maximum atomic E-state index is 10.6. The van der Waals surface area contributed by atoms with Gasteiger partial charge in [-0.1, -0.05) is 32.0 Å². The van der Waals surface area contributed by atoms with E-state index in [0.717, 1.165) is 17.3 Å². The van der Waals surface area contributed by atoms with Crippen molar-refractivity contribution in [2.75, 3.05) is 5.75 Å². The van der Waals surface area contributed by atoms with Crippen molar-refractivity contribution in [3.05, 3.63) is 11.9 Å². The van der Waals surface area contributed by atoms with Gasteiger partial charge < -0.3 is 9.67 Å². The lowest BCUT2D eigenvalue weighted by atomic mass is 10.0. The molecule has 0 fully saturated rings. The number of imidazole rings is 1. The van der Waals surface area contributed by atoms with Crippen molar-refractivity contribution in [1.29, 1.82) is 0 Å². The Labute approximate surface area is 106 Å². The van der Waals surface area contributed by atoms with Crippen LogP contribution in [0.1, 0.15) is 38.9 Å². The minimum Gasteiger partial charge on any atom is -0.481 e. The van der Waals surface area contributed by atoms with Gasteiger partial charge in [-0.05, 0) is 19.8 Å². The van der Waals surface area contributed by atoms with E-state index in [4.69, 9.17) is 5.11 Å². The van der Waals surface area contributed by atoms with Crippen LogP contribution in [0.4, 0.5) is 0 Å². The Bertz CT molecular complexity index is 390. The fourth-order valence-electron chi connectivity index (χ4n) is 1.63. The molecule has 96 valence electrons. The van der Waals surface area contributed by atoms with Crippen LogP contribution in [0.2, 0.25) is 0 Å². The molecule has 0 bridgehead atoms. The molecule has 0 saturated carbocycles. The Morgan fingerprint density at radius 3 is 2.76 bits per heavy atom. The summed E-state index contributed by atoms with van der Waals surface area (Å²) in [7, 11) is 0. The number of carbonyl (C=O) groups is 1. The number of aliphatic carboxylic acids is 1. The summed E-state index contributed by atoms with van der Waals surface area (Å²) in [4.78, 5) is 15.0. The molecule has 0 spiro atoms. The molecule has 0 saturated heterocycles. The third-order valence-corrected chi connectivity index (χ3v) is 4.00. The summed E-state index contributed by atoms with van der Waals surface area (Å²) in [5, 5.41) is 9.51. The molecule has 0 radical (unpaired) electrons. The Morgan fingerprint density at radius 2 is 2.24 bits per heavy atom. The number of rotatable bonds is 6. The minimum atomic E-state index is -0.807. The quantitative estimate of drug-likeness (QED) is 0.795. The predicted molar refractivity (Wildman–Crippen MR) is 69.5 cm³/mol. The number of carboxylic acid groups (broad SMARTS) is 1. The Balaban J connectivity index is 2.86. The van der Waals surface area contributed by atoms with Crippen LogP contribution < -0.4 is 0 Å². The number of nitrogens with zero attached hydrogens (tertiary/aromatic N) is 2. The summed E-state index contributed by atoms with van der Waals surface area (Å²) in [6, 6.07) is 0.345. The summed E-state index contributed by atoms with van der Waals surface area (Å²) in [5.74, 6) is -0.199. The van der Waals surface area contributed by atoms with Gasteiger partial charge in [0.15, 0.2) is 5.16 Å². The average molecular weight is 256 g/mol. The van der Waals surface area contributed by atoms with Crippen molar-refractivity contribution in [3.63, 3.8) is 0 Å². The Kier molecular flexibility index (Phi) is 5.05. The first-order valence-electron chi connectivity index (χ1n) is 5.85. The fourth-order valence-corrected chi connectivity index (χ4v) is 2.46. The van der Waals surface area contributed by atoms with Gasteiger partial charge in [0.1, 0.15) is 0 Å². The lowest BCUT2D eigenvalue weighted by molar-refractivity contribution is -0.133. The molecule has 0 aliphatic carbocycles. The molecule has 0 aliphatic rings. The molecule has 2 atom stereocenters. The zero-order chi connectivity index (χ0) is 13.0. The highest BCUT2D eigenvalue weighted by atomic mass is 32.2. The molecule has 1 rings (SSSR count). The second kappa shape index (κ2) is 6.10. The molecule has 1 heterocycles. The summed E-state index contributed by atoms with van der Waals surface area (Å²) in [5.41, 5.74) is 0.938. The van der Waals surface area contributed by atoms with Crippen LogP contribution in [0.5, 0.6) is 0 Å². The second-order valence-corrected chi connectivity index (χ2v) is 5.32. The number of aryl methyl sites for hydroxylation is 1. The van der Waals surface area contributed by atoms with Crippen LogP contribution in [0.3, 0.4) is 0 Å². The summed E-state index contributed by atoms with van der Waals surface area (Å²) in [6.45, 7) is 8.45. The normalized spacial score (nSPS) is 14.6. The van der Waals surface area contributed by atoms with Crippen LogP contribution in [0, 0.1) is 12.8 Å². The van der Waals surface area contributed by atoms with E-state index in [1.807, 2.05) is 13.1 Å². The van der Waals surface area contributed by atoms with Crippen LogP contribution in [0.15, 0.2) is 11.4 Å². The highest BCUT2D eigenvalue weighted by molar-refractivity contribution is 7.99. The standard InChI is InChI=1S/C12H20N2O2S/c1-5-8(2)10(4)14-6-9(3)13-12(14)17-7-11(15)16/h6,8,10H,5,7H2,1-4H3,(H,15,16). The van der Waals surface area contributed by atoms with Gasteiger partial charge in [-0.15, -0.1) is 0 Å². The summed E-state index contributed by atoms with van der Waals surface area (Å²) >= 11 is 1.28. The number of hydrogen-bond donors (Lipinski definition) is 1. The van der Waals surface area contributed by atoms with Gasteiger partial charge in [0.2, 0.25) is 0 Å². The number of thioether (sulfide) groups is 1. The predicted octanol–water partition coefficient (Wildman–Crippen LogP) is 2.98. The van der Waals surface area contributed by atoms with Crippen LogP contribution in [-0.4, -0.2) is 26.4 Å². The summed E-state index contributed by atoms with van der Waals surface area (Å²) in [6.07, 6.45) is 3.10. The van der Waals surface area contributed by atoms with Gasteiger partial charge in [-0.2, -0.15) is 0 Å². The second-order valence-electron chi connectivity index (χ2n) is 4.38. The molecule has 5 heteroatoms. The molecule has 0 aliphatic heterocycles. The first-order valence-corrected chi connectivity index (χ1v) is 6.84. The zero-order valence-electron chi connectivity index (χ0n) is 10.8. The van der Waals surface area contributed by atoms with Gasteiger partial charge in [0.25, 0.3) is 0 Å². The molecular weight excluding hydrogens is 236 g/mol. The van der Waals surface area contributed by atoms with E-state index in [-0.39, 0.29) is 5.75 Å². The molecule has 4 nitrogen and oxygen atoms in total. The third-order valence-electron chi connectivity index (χ3n) is 3.05. The van der Waals surface area contributed by atoms with E-state index < -0.39 is 5.97 Å². The van der Waals surface area contributed by atoms with Crippen molar-refractivity contribution < 1.29 is 9.90 Å². The topological polar surface area (TPSA) is 55.1 Å². The minimum absolute atomic E-state index is 0.0592. The molecule has 17 heavy (non-hydrogen) atoms. The lowest BCUT2D eigenvalue weighted by Crippen LogP contribution is -2.14. The largest absolute Gasteiger partial charge is 0.481 e. The molecule has 1 aromatic heterocycles. The van der Waals surface area contributed by atoms with Crippen molar-refractivity contribution in [1.82, 2.24) is 9.55 Å². The monoisotopic (exact) mass is 256 g/mol. The highest BCUT2D eigenvalue weighted by Gasteiger charge is 2.17. The maximum Gasteiger partial charge on any atom is 0.313 e. The number of carboxylic acids is 1. The zero-order valence-corrected chi connectivity index (χ0v) is 11.6. The number of aromatic nitrogens is 2. The van der Waals surface area contributed by atoms with E-state index in [0.29, 0.717) is 12.0 Å². The van der Waals surface area contributed by atoms with Crippen molar-refractivity contribution in [2.45, 2.75) is 45.3 Å². The Morgan fingerprint density at radius 1 is 1.59 bits per heavy atom. The van der Waals surface area contributed by atoms with Crippen LogP contribution in [-0.2, 0) is 4.79 Å².